The number of halogens is 3. The number of cyclic esters (lactones) is 1. The Bertz CT molecular complexity index is 759. The van der Waals surface area contributed by atoms with E-state index in [1.165, 1.54) is 6.20 Å². The van der Waals surface area contributed by atoms with Crippen LogP contribution in [0.15, 0.2) is 30.0 Å². The van der Waals surface area contributed by atoms with Crippen LogP contribution in [0.1, 0.15) is 12.2 Å². The Morgan fingerprint density at radius 3 is 2.83 bits per heavy atom. The van der Waals surface area contributed by atoms with Gasteiger partial charge in [0.25, 0.3) is 5.19 Å². The van der Waals surface area contributed by atoms with Crippen molar-refractivity contribution in [3.63, 3.8) is 0 Å². The van der Waals surface area contributed by atoms with Crippen LogP contribution in [-0.4, -0.2) is 33.1 Å². The first-order valence-corrected chi connectivity index (χ1v) is 7.13. The van der Waals surface area contributed by atoms with Crippen LogP contribution in [0, 0.1) is 0 Å². The molecule has 0 aromatic carbocycles. The fourth-order valence-corrected chi connectivity index (χ4v) is 2.51. The first-order valence-electron chi connectivity index (χ1n) is 6.35. The Balaban J connectivity index is 1.93. The van der Waals surface area contributed by atoms with E-state index in [2.05, 4.69) is 19.1 Å². The minimum absolute atomic E-state index is 0.0339. The Kier molecular flexibility index (Phi) is 3.99. The number of carbonyl (C=O) groups excluding carboxylic acids is 1. The predicted octanol–water partition coefficient (Wildman–Crippen LogP) is 2.99. The summed E-state index contributed by atoms with van der Waals surface area (Å²) in [4.78, 5) is 19.2. The third-order valence-electron chi connectivity index (χ3n) is 2.88. The summed E-state index contributed by atoms with van der Waals surface area (Å²) in [6.07, 6.45) is -3.45. The maximum atomic E-state index is 13.0. The van der Waals surface area contributed by atoms with Gasteiger partial charge < -0.3 is 9.47 Å². The van der Waals surface area contributed by atoms with Crippen LogP contribution in [0.3, 0.4) is 0 Å². The Morgan fingerprint density at radius 1 is 1.30 bits per heavy atom. The highest BCUT2D eigenvalue weighted by Gasteiger charge is 2.45. The zero-order chi connectivity index (χ0) is 16.4. The smallest absolute Gasteiger partial charge is 0.423 e. The van der Waals surface area contributed by atoms with Crippen molar-refractivity contribution in [2.75, 3.05) is 6.61 Å². The van der Waals surface area contributed by atoms with E-state index in [4.69, 9.17) is 4.74 Å². The molecular formula is C13H8F3N3O3S. The molecule has 0 radical (unpaired) electrons. The van der Waals surface area contributed by atoms with E-state index in [1.54, 1.807) is 18.2 Å². The SMILES string of the molecule is O=C1OCCC(c2nsc(Oc3ccccn3)n2)=C1C(F)(F)F. The molecule has 3 heterocycles. The van der Waals surface area contributed by atoms with Gasteiger partial charge in [-0.1, -0.05) is 6.07 Å². The number of aromatic nitrogens is 3. The van der Waals surface area contributed by atoms with Crippen LogP contribution < -0.4 is 4.74 Å². The second-order valence-electron chi connectivity index (χ2n) is 4.39. The third kappa shape index (κ3) is 3.31. The molecule has 0 bridgehead atoms. The topological polar surface area (TPSA) is 74.2 Å². The lowest BCUT2D eigenvalue weighted by Crippen LogP contribution is -2.28. The van der Waals surface area contributed by atoms with Gasteiger partial charge in [-0.05, 0) is 6.07 Å². The van der Waals surface area contributed by atoms with Gasteiger partial charge in [-0.15, -0.1) is 0 Å². The van der Waals surface area contributed by atoms with E-state index in [0.29, 0.717) is 0 Å². The molecule has 0 amide bonds. The highest BCUT2D eigenvalue weighted by atomic mass is 32.1. The Hall–Kier alpha value is -2.49. The van der Waals surface area contributed by atoms with Crippen LogP contribution >= 0.6 is 11.5 Å². The number of esters is 1. The molecule has 0 spiro atoms. The molecule has 2 aromatic rings. The maximum absolute atomic E-state index is 13.0. The van der Waals surface area contributed by atoms with Crippen LogP contribution in [0.25, 0.3) is 5.57 Å². The van der Waals surface area contributed by atoms with E-state index in [1.807, 2.05) is 0 Å². The van der Waals surface area contributed by atoms with Crippen molar-refractivity contribution in [1.29, 1.82) is 0 Å². The van der Waals surface area contributed by atoms with Crippen molar-refractivity contribution in [2.24, 2.45) is 0 Å². The second-order valence-corrected chi connectivity index (χ2v) is 5.11. The van der Waals surface area contributed by atoms with E-state index >= 15 is 0 Å². The largest absolute Gasteiger partial charge is 0.462 e. The van der Waals surface area contributed by atoms with Crippen molar-refractivity contribution >= 4 is 23.1 Å². The molecule has 120 valence electrons. The molecule has 23 heavy (non-hydrogen) atoms. The van der Waals surface area contributed by atoms with Gasteiger partial charge in [0.1, 0.15) is 5.57 Å². The van der Waals surface area contributed by atoms with Gasteiger partial charge in [-0.2, -0.15) is 22.5 Å². The van der Waals surface area contributed by atoms with Gasteiger partial charge in [-0.25, -0.2) is 9.78 Å². The van der Waals surface area contributed by atoms with E-state index in [9.17, 15) is 18.0 Å². The number of nitrogens with zero attached hydrogens (tertiary/aromatic N) is 3. The van der Waals surface area contributed by atoms with Gasteiger partial charge in [0.15, 0.2) is 5.82 Å². The lowest BCUT2D eigenvalue weighted by atomic mass is 10.0. The van der Waals surface area contributed by atoms with E-state index < -0.39 is 17.7 Å². The number of carbonyl (C=O) groups is 1. The summed E-state index contributed by atoms with van der Waals surface area (Å²) < 4.78 is 52.7. The van der Waals surface area contributed by atoms with Crippen LogP contribution in [0.5, 0.6) is 11.1 Å². The highest BCUT2D eigenvalue weighted by molar-refractivity contribution is 7.07. The van der Waals surface area contributed by atoms with Gasteiger partial charge in [0, 0.05) is 35.8 Å². The van der Waals surface area contributed by atoms with Crippen LogP contribution in [-0.2, 0) is 9.53 Å². The molecule has 0 aliphatic carbocycles. The molecule has 2 aromatic heterocycles. The monoisotopic (exact) mass is 343 g/mol. The highest BCUT2D eigenvalue weighted by Crippen LogP contribution is 2.37. The summed E-state index contributed by atoms with van der Waals surface area (Å²) in [6, 6.07) is 4.94. The van der Waals surface area contributed by atoms with Crippen molar-refractivity contribution in [1.82, 2.24) is 14.3 Å². The third-order valence-corrected chi connectivity index (χ3v) is 3.48. The first kappa shape index (κ1) is 15.4. The summed E-state index contributed by atoms with van der Waals surface area (Å²) in [6.45, 7) is -0.149. The number of pyridine rings is 1. The van der Waals surface area contributed by atoms with Crippen molar-refractivity contribution in [3.8, 4) is 11.1 Å². The molecule has 0 fully saturated rings. The molecule has 0 atom stereocenters. The average Bonchev–Trinajstić information content (AvgIpc) is 2.95. The molecule has 1 aliphatic heterocycles. The summed E-state index contributed by atoms with van der Waals surface area (Å²) >= 11 is 0.775. The normalized spacial score (nSPS) is 15.5. The zero-order valence-electron chi connectivity index (χ0n) is 11.3. The Morgan fingerprint density at radius 2 is 2.13 bits per heavy atom. The number of alkyl halides is 3. The standard InChI is InChI=1S/C13H8F3N3O3S/c14-13(15,16)9-7(4-6-21-11(9)20)10-18-12(23-19-10)22-8-3-1-2-5-17-8/h1-3,5H,4,6H2. The van der Waals surface area contributed by atoms with E-state index in [0.717, 1.165) is 11.5 Å². The summed E-state index contributed by atoms with van der Waals surface area (Å²) in [5.74, 6) is -1.37. The molecular weight excluding hydrogens is 335 g/mol. The second kappa shape index (κ2) is 5.95. The summed E-state index contributed by atoms with van der Waals surface area (Å²) in [5, 5.41) is 0.0339. The molecule has 1 aliphatic rings. The first-order chi connectivity index (χ1) is 10.9. The van der Waals surface area contributed by atoms with Crippen molar-refractivity contribution in [2.45, 2.75) is 12.6 Å². The molecule has 3 rings (SSSR count). The minimum atomic E-state index is -4.83. The summed E-state index contributed by atoms with van der Waals surface area (Å²) in [5.41, 5.74) is -1.66. The minimum Gasteiger partial charge on any atom is -0.462 e. The van der Waals surface area contributed by atoms with Crippen molar-refractivity contribution in [3.05, 3.63) is 35.8 Å². The van der Waals surface area contributed by atoms with Gasteiger partial charge >= 0.3 is 12.1 Å². The van der Waals surface area contributed by atoms with Gasteiger partial charge in [-0.3, -0.25) is 0 Å². The molecule has 0 saturated carbocycles. The lowest BCUT2D eigenvalue weighted by molar-refractivity contribution is -0.151. The van der Waals surface area contributed by atoms with E-state index in [-0.39, 0.29) is 35.5 Å². The van der Waals surface area contributed by atoms with Gasteiger partial charge in [0.05, 0.1) is 6.61 Å². The molecule has 0 N–H and O–H groups in total. The number of hydrogen-bond donors (Lipinski definition) is 0. The zero-order valence-corrected chi connectivity index (χ0v) is 12.1. The number of hydrogen-bond acceptors (Lipinski definition) is 7. The molecule has 0 unspecified atom stereocenters. The quantitative estimate of drug-likeness (QED) is 0.798. The fraction of sp³-hybridized carbons (Fsp3) is 0.231. The average molecular weight is 343 g/mol. The van der Waals surface area contributed by atoms with Gasteiger partial charge in [0.2, 0.25) is 5.88 Å². The van der Waals surface area contributed by atoms with Crippen LogP contribution in [0.2, 0.25) is 0 Å². The maximum Gasteiger partial charge on any atom is 0.423 e. The number of ether oxygens (including phenoxy) is 2. The molecule has 6 nitrogen and oxygen atoms in total. The van der Waals surface area contributed by atoms with Crippen LogP contribution in [0.4, 0.5) is 13.2 Å². The van der Waals surface area contributed by atoms with Crippen molar-refractivity contribution < 1.29 is 27.4 Å². The molecule has 10 heteroatoms. The molecule has 0 saturated heterocycles. The lowest BCUT2D eigenvalue weighted by Gasteiger charge is -2.19. The fourth-order valence-electron chi connectivity index (χ4n) is 1.95. The summed E-state index contributed by atoms with van der Waals surface area (Å²) in [7, 11) is 0. The number of rotatable bonds is 3. The predicted molar refractivity (Wildman–Crippen MR) is 72.8 cm³/mol. The Labute approximate surface area is 131 Å².